The minimum Gasteiger partial charge on any atom is -0.327 e. The number of hydrogen-bond acceptors (Lipinski definition) is 3. The normalized spacial score (nSPS) is 28.2. The molecule has 2 aliphatic heterocycles. The zero-order valence-corrected chi connectivity index (χ0v) is 12.4. The Labute approximate surface area is 118 Å². The minimum absolute atomic E-state index is 0. The molecule has 0 amide bonds. The van der Waals surface area contributed by atoms with Crippen LogP contribution in [-0.2, 0) is 0 Å². The Morgan fingerprint density at radius 1 is 1.12 bits per heavy atom. The molecule has 0 aromatic carbocycles. The highest BCUT2D eigenvalue weighted by Gasteiger charge is 2.28. The second-order valence-electron chi connectivity index (χ2n) is 5.28. The van der Waals surface area contributed by atoms with E-state index in [-0.39, 0.29) is 24.8 Å². The van der Waals surface area contributed by atoms with Gasteiger partial charge in [-0.3, -0.25) is 4.90 Å². The number of nitrogens with zero attached hydrogens (tertiary/aromatic N) is 2. The maximum Gasteiger partial charge on any atom is 0.0235 e. The highest BCUT2D eigenvalue weighted by molar-refractivity contribution is 5.85. The van der Waals surface area contributed by atoms with Crippen LogP contribution >= 0.6 is 24.8 Å². The Hall–Kier alpha value is 0.460. The lowest BCUT2D eigenvalue weighted by molar-refractivity contribution is 0.161. The number of rotatable bonds is 3. The lowest BCUT2D eigenvalue weighted by Crippen LogP contribution is -2.42. The third-order valence-electron chi connectivity index (χ3n) is 3.70. The molecule has 2 heterocycles. The van der Waals surface area contributed by atoms with E-state index < -0.39 is 0 Å². The van der Waals surface area contributed by atoms with E-state index in [0.29, 0.717) is 6.04 Å². The lowest BCUT2D eigenvalue weighted by atomic mass is 10.1. The van der Waals surface area contributed by atoms with E-state index in [1.807, 2.05) is 0 Å². The molecule has 0 aromatic heterocycles. The van der Waals surface area contributed by atoms with Crippen molar-refractivity contribution in [3.63, 3.8) is 0 Å². The molecule has 3 nitrogen and oxygen atoms in total. The van der Waals surface area contributed by atoms with E-state index in [1.165, 1.54) is 51.9 Å². The highest BCUT2D eigenvalue weighted by Crippen LogP contribution is 2.19. The lowest BCUT2D eigenvalue weighted by Gasteiger charge is -2.32. The summed E-state index contributed by atoms with van der Waals surface area (Å²) >= 11 is 0. The van der Waals surface area contributed by atoms with Gasteiger partial charge in [0.1, 0.15) is 0 Å². The van der Waals surface area contributed by atoms with Gasteiger partial charge >= 0.3 is 0 Å². The van der Waals surface area contributed by atoms with Crippen LogP contribution in [0.3, 0.4) is 0 Å². The largest absolute Gasteiger partial charge is 0.327 e. The fraction of sp³-hybridized carbons (Fsp3) is 1.00. The molecule has 2 aliphatic rings. The van der Waals surface area contributed by atoms with Crippen LogP contribution in [0.5, 0.6) is 0 Å². The predicted octanol–water partition coefficient (Wildman–Crippen LogP) is 1.74. The molecule has 5 heteroatoms. The average molecular weight is 284 g/mol. The van der Waals surface area contributed by atoms with E-state index in [0.717, 1.165) is 12.6 Å². The van der Waals surface area contributed by atoms with Crippen molar-refractivity contribution in [3.05, 3.63) is 0 Å². The molecule has 0 saturated carbocycles. The van der Waals surface area contributed by atoms with Crippen LogP contribution in [0, 0.1) is 0 Å². The average Bonchev–Trinajstić information content (AvgIpc) is 2.67. The third-order valence-corrected chi connectivity index (χ3v) is 3.70. The number of nitrogens with two attached hydrogens (primary N) is 1. The molecule has 0 aliphatic carbocycles. The summed E-state index contributed by atoms with van der Waals surface area (Å²) < 4.78 is 0. The van der Waals surface area contributed by atoms with Crippen LogP contribution in [0.2, 0.25) is 0 Å². The quantitative estimate of drug-likeness (QED) is 0.857. The summed E-state index contributed by atoms with van der Waals surface area (Å²) in [6.07, 6.45) is 5.60. The van der Waals surface area contributed by atoms with E-state index in [1.54, 1.807) is 0 Å². The molecular weight excluding hydrogens is 257 g/mol. The Morgan fingerprint density at radius 2 is 1.76 bits per heavy atom. The Balaban J connectivity index is 0.00000128. The fourth-order valence-corrected chi connectivity index (χ4v) is 2.97. The maximum absolute atomic E-state index is 5.84. The van der Waals surface area contributed by atoms with Crippen LogP contribution in [0.15, 0.2) is 0 Å². The van der Waals surface area contributed by atoms with Gasteiger partial charge < -0.3 is 10.6 Å². The molecule has 2 unspecified atom stereocenters. The molecule has 0 radical (unpaired) electrons. The molecular formula is C12H27Cl2N3. The Bertz CT molecular complexity index is 196. The first-order valence-electron chi connectivity index (χ1n) is 6.47. The van der Waals surface area contributed by atoms with Gasteiger partial charge in [-0.15, -0.1) is 24.8 Å². The van der Waals surface area contributed by atoms with Crippen molar-refractivity contribution in [2.75, 3.05) is 32.7 Å². The number of likely N-dealkylation sites (tertiary alicyclic amines) is 2. The second kappa shape index (κ2) is 8.54. The molecule has 2 atom stereocenters. The predicted molar refractivity (Wildman–Crippen MR) is 78.4 cm³/mol. The number of halogens is 2. The van der Waals surface area contributed by atoms with Gasteiger partial charge in [0.05, 0.1) is 0 Å². The SMILES string of the molecule is CC(N)CN1CCC(N2CCCCC2)C1.Cl.Cl. The maximum atomic E-state index is 5.84. The molecule has 2 N–H and O–H groups in total. The highest BCUT2D eigenvalue weighted by atomic mass is 35.5. The summed E-state index contributed by atoms with van der Waals surface area (Å²) in [5, 5.41) is 0. The zero-order chi connectivity index (χ0) is 10.7. The standard InChI is InChI=1S/C12H25N3.2ClH/c1-11(13)9-14-8-5-12(10-14)15-6-3-2-4-7-15;;/h11-12H,2-10,13H2,1H3;2*1H. The van der Waals surface area contributed by atoms with Crippen molar-refractivity contribution in [1.82, 2.24) is 9.80 Å². The smallest absolute Gasteiger partial charge is 0.0235 e. The van der Waals surface area contributed by atoms with Gasteiger partial charge in [0.2, 0.25) is 0 Å². The molecule has 0 bridgehead atoms. The number of hydrogen-bond donors (Lipinski definition) is 1. The first kappa shape index (κ1) is 17.5. The minimum atomic E-state index is 0. The molecule has 2 fully saturated rings. The fourth-order valence-electron chi connectivity index (χ4n) is 2.97. The van der Waals surface area contributed by atoms with E-state index in [4.69, 9.17) is 5.73 Å². The van der Waals surface area contributed by atoms with Gasteiger partial charge in [-0.2, -0.15) is 0 Å². The first-order chi connectivity index (χ1) is 7.25. The molecule has 0 aromatic rings. The van der Waals surface area contributed by atoms with Gasteiger partial charge in [-0.25, -0.2) is 0 Å². The molecule has 17 heavy (non-hydrogen) atoms. The van der Waals surface area contributed by atoms with Crippen LogP contribution in [0.25, 0.3) is 0 Å². The third kappa shape index (κ3) is 5.31. The molecule has 2 rings (SSSR count). The van der Waals surface area contributed by atoms with Crippen LogP contribution in [0.1, 0.15) is 32.6 Å². The molecule has 0 spiro atoms. The van der Waals surface area contributed by atoms with Crippen molar-refractivity contribution in [1.29, 1.82) is 0 Å². The second-order valence-corrected chi connectivity index (χ2v) is 5.28. The van der Waals surface area contributed by atoms with E-state index in [9.17, 15) is 0 Å². The topological polar surface area (TPSA) is 32.5 Å². The Morgan fingerprint density at radius 3 is 2.35 bits per heavy atom. The summed E-state index contributed by atoms with van der Waals surface area (Å²) in [6.45, 7) is 8.34. The summed E-state index contributed by atoms with van der Waals surface area (Å²) in [4.78, 5) is 5.23. The van der Waals surface area contributed by atoms with Gasteiger partial charge in [0.15, 0.2) is 0 Å². The van der Waals surface area contributed by atoms with Gasteiger partial charge in [-0.05, 0) is 45.8 Å². The molecule has 2 saturated heterocycles. The van der Waals surface area contributed by atoms with Crippen LogP contribution in [-0.4, -0.2) is 54.6 Å². The Kier molecular flexibility index (Phi) is 8.77. The van der Waals surface area contributed by atoms with Crippen molar-refractivity contribution < 1.29 is 0 Å². The van der Waals surface area contributed by atoms with Crippen LogP contribution < -0.4 is 5.73 Å². The molecule has 104 valence electrons. The van der Waals surface area contributed by atoms with Crippen molar-refractivity contribution in [2.45, 2.75) is 44.7 Å². The van der Waals surface area contributed by atoms with Crippen molar-refractivity contribution >= 4 is 24.8 Å². The monoisotopic (exact) mass is 283 g/mol. The van der Waals surface area contributed by atoms with E-state index >= 15 is 0 Å². The summed E-state index contributed by atoms with van der Waals surface area (Å²) in [7, 11) is 0. The van der Waals surface area contributed by atoms with Gasteiger partial charge in [-0.1, -0.05) is 6.42 Å². The number of piperidine rings is 1. The van der Waals surface area contributed by atoms with E-state index in [2.05, 4.69) is 16.7 Å². The van der Waals surface area contributed by atoms with Crippen molar-refractivity contribution in [3.8, 4) is 0 Å². The summed E-state index contributed by atoms with van der Waals surface area (Å²) in [5.41, 5.74) is 5.84. The zero-order valence-electron chi connectivity index (χ0n) is 10.8. The van der Waals surface area contributed by atoms with Crippen molar-refractivity contribution in [2.24, 2.45) is 5.73 Å². The van der Waals surface area contributed by atoms with Gasteiger partial charge in [0, 0.05) is 25.2 Å². The van der Waals surface area contributed by atoms with Crippen LogP contribution in [0.4, 0.5) is 0 Å². The summed E-state index contributed by atoms with van der Waals surface area (Å²) in [6, 6.07) is 1.15. The van der Waals surface area contributed by atoms with Gasteiger partial charge in [0.25, 0.3) is 0 Å². The summed E-state index contributed by atoms with van der Waals surface area (Å²) in [5.74, 6) is 0. The first-order valence-corrected chi connectivity index (χ1v) is 6.47.